The Balaban J connectivity index is 1.90. The molecule has 1 aliphatic rings. The fourth-order valence-corrected chi connectivity index (χ4v) is 4.23. The van der Waals surface area contributed by atoms with Gasteiger partial charge < -0.3 is 19.5 Å². The van der Waals surface area contributed by atoms with Crippen molar-refractivity contribution in [3.63, 3.8) is 0 Å². The van der Waals surface area contributed by atoms with E-state index in [4.69, 9.17) is 9.47 Å². The lowest BCUT2D eigenvalue weighted by Gasteiger charge is -2.27. The van der Waals surface area contributed by atoms with E-state index in [1.54, 1.807) is 49.8 Å². The summed E-state index contributed by atoms with van der Waals surface area (Å²) < 4.78 is 11.1. The van der Waals surface area contributed by atoms with Crippen LogP contribution in [0.5, 0.6) is 11.5 Å². The predicted molar refractivity (Wildman–Crippen MR) is 127 cm³/mol. The summed E-state index contributed by atoms with van der Waals surface area (Å²) in [4.78, 5) is 32.1. The lowest BCUT2D eigenvalue weighted by molar-refractivity contribution is -0.140. The summed E-state index contributed by atoms with van der Waals surface area (Å²) in [6.45, 7) is 4.28. The number of amides is 1. The van der Waals surface area contributed by atoms with Crippen LogP contribution in [0.25, 0.3) is 5.76 Å². The lowest BCUT2D eigenvalue weighted by Crippen LogP contribution is -2.29. The van der Waals surface area contributed by atoms with Crippen molar-refractivity contribution in [1.29, 1.82) is 0 Å². The maximum absolute atomic E-state index is 13.3. The Morgan fingerprint density at radius 3 is 2.56 bits per heavy atom. The normalized spacial score (nSPS) is 17.1. The third-order valence-corrected chi connectivity index (χ3v) is 5.80. The highest BCUT2D eigenvalue weighted by Crippen LogP contribution is 2.43. The molecule has 4 rings (SSSR count). The number of nitrogens with zero attached hydrogens (tertiary/aromatic N) is 2. The predicted octanol–water partition coefficient (Wildman–Crippen LogP) is 4.42. The number of carbonyl (C=O) groups excluding carboxylic acids is 2. The lowest BCUT2D eigenvalue weighted by atomic mass is 9.94. The van der Waals surface area contributed by atoms with Crippen LogP contribution >= 0.6 is 0 Å². The Morgan fingerprint density at radius 2 is 1.88 bits per heavy atom. The van der Waals surface area contributed by atoms with Gasteiger partial charge in [0.05, 0.1) is 25.3 Å². The smallest absolute Gasteiger partial charge is 0.295 e. The number of hydrogen-bond donors (Lipinski definition) is 1. The van der Waals surface area contributed by atoms with Gasteiger partial charge in [-0.25, -0.2) is 0 Å². The third kappa shape index (κ3) is 4.24. The summed E-state index contributed by atoms with van der Waals surface area (Å²) in [6.07, 6.45) is 3.29. The van der Waals surface area contributed by atoms with E-state index in [9.17, 15) is 14.7 Å². The van der Waals surface area contributed by atoms with Crippen molar-refractivity contribution in [1.82, 2.24) is 9.88 Å². The molecule has 1 aliphatic heterocycles. The van der Waals surface area contributed by atoms with Crippen molar-refractivity contribution < 1.29 is 24.2 Å². The molecule has 0 aliphatic carbocycles. The second kappa shape index (κ2) is 9.79. The molecule has 1 fully saturated rings. The third-order valence-electron chi connectivity index (χ3n) is 5.80. The molecule has 2 heterocycles. The van der Waals surface area contributed by atoms with Crippen LogP contribution in [-0.2, 0) is 16.1 Å². The first-order valence-corrected chi connectivity index (χ1v) is 11.0. The van der Waals surface area contributed by atoms with Crippen molar-refractivity contribution in [2.45, 2.75) is 26.4 Å². The van der Waals surface area contributed by atoms with E-state index < -0.39 is 17.7 Å². The monoisotopic (exact) mass is 458 g/mol. The fourth-order valence-electron chi connectivity index (χ4n) is 4.23. The Labute approximate surface area is 198 Å². The highest BCUT2D eigenvalue weighted by atomic mass is 16.5. The molecule has 0 unspecified atom stereocenters. The summed E-state index contributed by atoms with van der Waals surface area (Å²) in [7, 11) is 1.57. The molecule has 174 valence electrons. The van der Waals surface area contributed by atoms with Crippen LogP contribution in [0.1, 0.15) is 35.2 Å². The maximum Gasteiger partial charge on any atom is 0.295 e. The standard InChI is InChI=1S/C27H26N2O5/c1-4-34-22-10-6-5-9-20(22)24-23(25(30)19-11-12-21(33-3)17(2)14-19)26(31)27(32)29(24)16-18-8-7-13-28-15-18/h5-15,24,30H,4,16H2,1-3H3/b25-23+/t24-/m1/s1. The average molecular weight is 459 g/mol. The van der Waals surface area contributed by atoms with Gasteiger partial charge in [0.1, 0.15) is 17.3 Å². The highest BCUT2D eigenvalue weighted by molar-refractivity contribution is 6.46. The number of carbonyl (C=O) groups is 2. The Kier molecular flexibility index (Phi) is 6.63. The molecular formula is C27H26N2O5. The average Bonchev–Trinajstić information content (AvgIpc) is 3.09. The summed E-state index contributed by atoms with van der Waals surface area (Å²) in [5.74, 6) is -0.469. The minimum Gasteiger partial charge on any atom is -0.507 e. The first kappa shape index (κ1) is 23.0. The van der Waals surface area contributed by atoms with E-state index in [1.807, 2.05) is 38.1 Å². The maximum atomic E-state index is 13.3. The first-order chi connectivity index (χ1) is 16.5. The second-order valence-corrected chi connectivity index (χ2v) is 7.94. The number of aliphatic hydroxyl groups excluding tert-OH is 1. The molecule has 2 aromatic carbocycles. The fraction of sp³-hybridized carbons (Fsp3) is 0.222. The summed E-state index contributed by atoms with van der Waals surface area (Å²) >= 11 is 0. The van der Waals surface area contributed by atoms with Crippen LogP contribution in [0.2, 0.25) is 0 Å². The molecule has 34 heavy (non-hydrogen) atoms. The molecular weight excluding hydrogens is 432 g/mol. The molecule has 7 heteroatoms. The van der Waals surface area contributed by atoms with Gasteiger partial charge >= 0.3 is 0 Å². The molecule has 0 spiro atoms. The minimum absolute atomic E-state index is 0.0191. The van der Waals surface area contributed by atoms with Gasteiger partial charge in [0.25, 0.3) is 11.7 Å². The van der Waals surface area contributed by atoms with Gasteiger partial charge in [0.15, 0.2) is 0 Å². The Bertz CT molecular complexity index is 1250. The quantitative estimate of drug-likeness (QED) is 0.320. The van der Waals surface area contributed by atoms with Crippen LogP contribution in [-0.4, -0.2) is 40.4 Å². The van der Waals surface area contributed by atoms with Gasteiger partial charge in [-0.05, 0) is 55.3 Å². The zero-order valence-corrected chi connectivity index (χ0v) is 19.3. The van der Waals surface area contributed by atoms with Crippen molar-refractivity contribution in [2.75, 3.05) is 13.7 Å². The minimum atomic E-state index is -0.828. The van der Waals surface area contributed by atoms with Crippen molar-refractivity contribution in [3.05, 3.63) is 94.8 Å². The van der Waals surface area contributed by atoms with E-state index in [2.05, 4.69) is 4.98 Å². The number of aromatic nitrogens is 1. The number of hydrogen-bond acceptors (Lipinski definition) is 6. The second-order valence-electron chi connectivity index (χ2n) is 7.94. The zero-order chi connectivity index (χ0) is 24.2. The number of pyridine rings is 1. The van der Waals surface area contributed by atoms with E-state index >= 15 is 0 Å². The summed E-state index contributed by atoms with van der Waals surface area (Å²) in [6, 6.07) is 15.2. The van der Waals surface area contributed by atoms with Crippen LogP contribution in [0.15, 0.2) is 72.6 Å². The summed E-state index contributed by atoms with van der Waals surface area (Å²) in [5, 5.41) is 11.3. The van der Waals surface area contributed by atoms with Gasteiger partial charge in [-0.1, -0.05) is 24.3 Å². The van der Waals surface area contributed by atoms with Gasteiger partial charge in [0, 0.05) is 30.1 Å². The largest absolute Gasteiger partial charge is 0.507 e. The molecule has 1 amide bonds. The Morgan fingerprint density at radius 1 is 1.09 bits per heavy atom. The van der Waals surface area contributed by atoms with Crippen LogP contribution < -0.4 is 9.47 Å². The molecule has 1 N–H and O–H groups in total. The van der Waals surface area contributed by atoms with Crippen molar-refractivity contribution in [3.8, 4) is 11.5 Å². The summed E-state index contributed by atoms with van der Waals surface area (Å²) in [5.41, 5.74) is 2.63. The van der Waals surface area contributed by atoms with E-state index in [-0.39, 0.29) is 17.9 Å². The number of aryl methyl sites for hydroxylation is 1. The van der Waals surface area contributed by atoms with Gasteiger partial charge in [-0.3, -0.25) is 14.6 Å². The molecule has 1 atom stereocenters. The number of rotatable bonds is 7. The Hall–Kier alpha value is -4.13. The topological polar surface area (TPSA) is 89.0 Å². The number of likely N-dealkylation sites (tertiary alicyclic amines) is 1. The van der Waals surface area contributed by atoms with Gasteiger partial charge in [0.2, 0.25) is 0 Å². The number of ketones is 1. The number of aliphatic hydroxyl groups is 1. The number of para-hydroxylation sites is 1. The first-order valence-electron chi connectivity index (χ1n) is 11.0. The zero-order valence-electron chi connectivity index (χ0n) is 19.3. The van der Waals surface area contributed by atoms with Crippen molar-refractivity contribution in [2.24, 2.45) is 0 Å². The number of benzene rings is 2. The molecule has 3 aromatic rings. The molecule has 1 saturated heterocycles. The molecule has 0 bridgehead atoms. The van der Waals surface area contributed by atoms with Crippen LogP contribution in [0.3, 0.4) is 0 Å². The molecule has 0 radical (unpaired) electrons. The van der Waals surface area contributed by atoms with Crippen LogP contribution in [0, 0.1) is 6.92 Å². The van der Waals surface area contributed by atoms with Gasteiger partial charge in [-0.15, -0.1) is 0 Å². The molecule has 0 saturated carbocycles. The number of methoxy groups -OCH3 is 1. The SMILES string of the molecule is CCOc1ccccc1[C@@H]1/C(=C(\O)c2ccc(OC)c(C)c2)C(=O)C(=O)N1Cc1cccnc1. The van der Waals surface area contributed by atoms with E-state index in [0.29, 0.717) is 29.2 Å². The van der Waals surface area contributed by atoms with Gasteiger partial charge in [-0.2, -0.15) is 0 Å². The molecule has 1 aromatic heterocycles. The van der Waals surface area contributed by atoms with E-state index in [0.717, 1.165) is 11.1 Å². The van der Waals surface area contributed by atoms with Crippen molar-refractivity contribution >= 4 is 17.4 Å². The number of Topliss-reactive ketones (excluding diaryl/α,β-unsaturated/α-hetero) is 1. The van der Waals surface area contributed by atoms with Crippen LogP contribution in [0.4, 0.5) is 0 Å². The van der Waals surface area contributed by atoms with E-state index in [1.165, 1.54) is 4.90 Å². The number of ether oxygens (including phenoxy) is 2. The highest BCUT2D eigenvalue weighted by Gasteiger charge is 2.47. The molecule has 7 nitrogen and oxygen atoms in total.